The Bertz CT molecular complexity index is 2100. The summed E-state index contributed by atoms with van der Waals surface area (Å²) >= 11 is 0. The number of ether oxygens (including phenoxy) is 3. The van der Waals surface area contributed by atoms with Gasteiger partial charge in [0.25, 0.3) is 0 Å². The standard InChI is InChI=1S/C30H44O3.C23H23NO/c1-5-7-9-11-13-15-17-31-27-21-25-26-22-28(32-18-16-14-12-10-8-6-2)24(4)20-30(26)33-29(25)19-23(27)3;1-3-4-7-18-11-13-19(14-12-18)24-20-8-5-6-9-22(20)25-23-16-17(2)10-15-21(23)24/h19-22H,5-18H2,1-4H3;5-6,8-16H,3-4,7H2,1-2H3. The third-order valence-corrected chi connectivity index (χ3v) is 11.3. The lowest BCUT2D eigenvalue weighted by molar-refractivity contribution is 0.302. The SMILES string of the molecule is CCCCCCCCOc1cc2c(cc1C)oc1cc(C)c(OCCCCCCCC)cc12.CCCCc1ccc(N2c3ccccc3Oc3cc(C)ccc32)cc1. The highest BCUT2D eigenvalue weighted by atomic mass is 16.5. The molecule has 5 aromatic carbocycles. The zero-order valence-corrected chi connectivity index (χ0v) is 36.3. The lowest BCUT2D eigenvalue weighted by Crippen LogP contribution is -2.15. The molecule has 0 saturated carbocycles. The largest absolute Gasteiger partial charge is 0.493 e. The molecule has 0 amide bonds. The van der Waals surface area contributed by atoms with Gasteiger partial charge >= 0.3 is 0 Å². The Morgan fingerprint density at radius 2 is 1.03 bits per heavy atom. The van der Waals surface area contributed by atoms with Gasteiger partial charge in [-0.15, -0.1) is 0 Å². The van der Waals surface area contributed by atoms with Crippen LogP contribution in [-0.2, 0) is 6.42 Å². The van der Waals surface area contributed by atoms with E-state index in [4.69, 9.17) is 18.6 Å². The summed E-state index contributed by atoms with van der Waals surface area (Å²) in [5, 5.41) is 2.22. The highest BCUT2D eigenvalue weighted by Crippen LogP contribution is 2.50. The number of furan rings is 1. The molecular weight excluding hydrogens is 715 g/mol. The molecule has 308 valence electrons. The first-order chi connectivity index (χ1) is 28.4. The Kier molecular flexibility index (Phi) is 16.0. The minimum Gasteiger partial charge on any atom is -0.493 e. The quantitative estimate of drug-likeness (QED) is 0.0721. The molecule has 5 nitrogen and oxygen atoms in total. The van der Waals surface area contributed by atoms with E-state index >= 15 is 0 Å². The molecule has 1 aromatic heterocycles. The predicted molar refractivity (Wildman–Crippen MR) is 245 cm³/mol. The Morgan fingerprint density at radius 1 is 0.500 bits per heavy atom. The highest BCUT2D eigenvalue weighted by molar-refractivity contribution is 6.06. The van der Waals surface area contributed by atoms with Gasteiger partial charge in [0.05, 0.1) is 24.6 Å². The van der Waals surface area contributed by atoms with E-state index in [1.807, 2.05) is 12.1 Å². The van der Waals surface area contributed by atoms with E-state index < -0.39 is 0 Å². The molecule has 0 radical (unpaired) electrons. The van der Waals surface area contributed by atoms with E-state index in [0.29, 0.717) is 0 Å². The smallest absolute Gasteiger partial charge is 0.151 e. The number of benzene rings is 5. The Hall–Kier alpha value is -4.90. The van der Waals surface area contributed by atoms with Crippen LogP contribution in [0.3, 0.4) is 0 Å². The van der Waals surface area contributed by atoms with Gasteiger partial charge in [0, 0.05) is 16.5 Å². The van der Waals surface area contributed by atoms with Gasteiger partial charge < -0.3 is 23.5 Å². The molecule has 0 spiro atoms. The second-order valence-electron chi connectivity index (χ2n) is 16.2. The number of hydrogen-bond donors (Lipinski definition) is 0. The van der Waals surface area contributed by atoms with Crippen LogP contribution < -0.4 is 19.1 Å². The summed E-state index contributed by atoms with van der Waals surface area (Å²) in [4.78, 5) is 2.29. The normalized spacial score (nSPS) is 11.9. The number of rotatable bonds is 20. The molecule has 1 aliphatic rings. The lowest BCUT2D eigenvalue weighted by atomic mass is 10.1. The maximum absolute atomic E-state index is 6.17. The molecule has 0 aliphatic carbocycles. The van der Waals surface area contributed by atoms with E-state index in [9.17, 15) is 0 Å². The molecule has 5 heteroatoms. The highest BCUT2D eigenvalue weighted by Gasteiger charge is 2.25. The first-order valence-electron chi connectivity index (χ1n) is 22.4. The summed E-state index contributed by atoms with van der Waals surface area (Å²) in [7, 11) is 0. The zero-order chi connectivity index (χ0) is 40.7. The monoisotopic (exact) mass is 782 g/mol. The fourth-order valence-corrected chi connectivity index (χ4v) is 7.81. The molecule has 58 heavy (non-hydrogen) atoms. The van der Waals surface area contributed by atoms with Gasteiger partial charge in [-0.2, -0.15) is 0 Å². The maximum atomic E-state index is 6.17. The third-order valence-electron chi connectivity index (χ3n) is 11.3. The van der Waals surface area contributed by atoms with Gasteiger partial charge in [0.15, 0.2) is 11.5 Å². The van der Waals surface area contributed by atoms with Crippen molar-refractivity contribution in [3.05, 3.63) is 113 Å². The van der Waals surface area contributed by atoms with E-state index in [2.05, 4.69) is 125 Å². The molecule has 7 rings (SSSR count). The van der Waals surface area contributed by atoms with E-state index in [1.54, 1.807) is 0 Å². The maximum Gasteiger partial charge on any atom is 0.151 e. The first-order valence-corrected chi connectivity index (χ1v) is 22.4. The molecule has 2 heterocycles. The van der Waals surface area contributed by atoms with Gasteiger partial charge in [0.2, 0.25) is 0 Å². The Labute approximate surface area is 348 Å². The van der Waals surface area contributed by atoms with Crippen molar-refractivity contribution in [1.82, 2.24) is 0 Å². The minimum atomic E-state index is 0.778. The second-order valence-corrected chi connectivity index (χ2v) is 16.2. The third kappa shape index (κ3) is 11.2. The van der Waals surface area contributed by atoms with Crippen molar-refractivity contribution in [1.29, 1.82) is 0 Å². The zero-order valence-electron chi connectivity index (χ0n) is 36.3. The van der Waals surface area contributed by atoms with Crippen LogP contribution >= 0.6 is 0 Å². The predicted octanol–water partition coefficient (Wildman–Crippen LogP) is 16.6. The molecule has 1 aliphatic heterocycles. The molecule has 0 bridgehead atoms. The van der Waals surface area contributed by atoms with Crippen molar-refractivity contribution >= 4 is 39.0 Å². The number of aryl methyl sites for hydroxylation is 4. The van der Waals surface area contributed by atoms with Crippen LogP contribution in [0.25, 0.3) is 21.9 Å². The van der Waals surface area contributed by atoms with Crippen molar-refractivity contribution in [2.24, 2.45) is 0 Å². The molecule has 6 aromatic rings. The van der Waals surface area contributed by atoms with Gasteiger partial charge in [-0.3, -0.25) is 0 Å². The lowest BCUT2D eigenvalue weighted by Gasteiger charge is -2.33. The fourth-order valence-electron chi connectivity index (χ4n) is 7.81. The van der Waals surface area contributed by atoms with Crippen LogP contribution in [0.5, 0.6) is 23.0 Å². The van der Waals surface area contributed by atoms with Crippen LogP contribution in [0.4, 0.5) is 17.1 Å². The number of anilines is 3. The number of nitrogens with zero attached hydrogens (tertiary/aromatic N) is 1. The Balaban J connectivity index is 0.000000202. The fraction of sp³-hybridized carbons (Fsp3) is 0.434. The molecule has 0 unspecified atom stereocenters. The van der Waals surface area contributed by atoms with Crippen LogP contribution in [0, 0.1) is 20.8 Å². The van der Waals surface area contributed by atoms with Gasteiger partial charge in [-0.25, -0.2) is 0 Å². The van der Waals surface area contributed by atoms with E-state index in [0.717, 1.165) is 99.9 Å². The van der Waals surface area contributed by atoms with Gasteiger partial charge in [0.1, 0.15) is 22.7 Å². The van der Waals surface area contributed by atoms with Gasteiger partial charge in [-0.1, -0.05) is 122 Å². The Morgan fingerprint density at radius 3 is 1.62 bits per heavy atom. The summed E-state index contributed by atoms with van der Waals surface area (Å²) in [5.41, 5.74) is 10.0. The molecule has 0 saturated heterocycles. The summed E-state index contributed by atoms with van der Waals surface area (Å²) in [6.07, 6.45) is 18.9. The molecule has 0 N–H and O–H groups in total. The second kappa shape index (κ2) is 21.7. The van der Waals surface area contributed by atoms with Crippen molar-refractivity contribution in [3.8, 4) is 23.0 Å². The average Bonchev–Trinajstić information content (AvgIpc) is 3.56. The summed E-state index contributed by atoms with van der Waals surface area (Å²) in [6, 6.07) is 32.1. The van der Waals surface area contributed by atoms with Crippen LogP contribution in [-0.4, -0.2) is 13.2 Å². The number of para-hydroxylation sites is 2. The van der Waals surface area contributed by atoms with E-state index in [1.165, 1.54) is 93.9 Å². The first kappa shape index (κ1) is 42.7. The van der Waals surface area contributed by atoms with Gasteiger partial charge in [-0.05, 0) is 129 Å². The van der Waals surface area contributed by atoms with Crippen LogP contribution in [0.15, 0.2) is 95.4 Å². The summed E-state index contributed by atoms with van der Waals surface area (Å²) < 4.78 is 24.7. The topological polar surface area (TPSA) is 44.1 Å². The van der Waals surface area contributed by atoms with Crippen molar-refractivity contribution in [3.63, 3.8) is 0 Å². The average molecular weight is 782 g/mol. The van der Waals surface area contributed by atoms with E-state index in [-0.39, 0.29) is 0 Å². The number of fused-ring (bicyclic) bond motifs is 5. The number of unbranched alkanes of at least 4 members (excludes halogenated alkanes) is 11. The summed E-state index contributed by atoms with van der Waals surface area (Å²) in [5.74, 6) is 3.74. The van der Waals surface area contributed by atoms with Crippen molar-refractivity contribution < 1.29 is 18.6 Å². The van der Waals surface area contributed by atoms with Crippen molar-refractivity contribution in [2.75, 3.05) is 18.1 Å². The summed E-state index contributed by atoms with van der Waals surface area (Å²) in [6.45, 7) is 14.6. The molecule has 0 fully saturated rings. The molecular formula is C53H67NO4. The number of hydrogen-bond acceptors (Lipinski definition) is 5. The van der Waals surface area contributed by atoms with Crippen LogP contribution in [0.1, 0.15) is 133 Å². The minimum absolute atomic E-state index is 0.778. The van der Waals surface area contributed by atoms with Crippen LogP contribution in [0.2, 0.25) is 0 Å². The molecule has 0 atom stereocenters. The van der Waals surface area contributed by atoms with Crippen molar-refractivity contribution in [2.45, 2.75) is 138 Å².